The molecule has 0 aromatic carbocycles. The second-order valence-corrected chi connectivity index (χ2v) is 14.0. The van der Waals surface area contributed by atoms with E-state index >= 15 is 4.39 Å². The van der Waals surface area contributed by atoms with E-state index in [-0.39, 0.29) is 29.5 Å². The number of nitrogens with two attached hydrogens (primary N) is 2. The van der Waals surface area contributed by atoms with Crippen LogP contribution in [0.1, 0.15) is 24.3 Å². The maximum Gasteiger partial charge on any atom is 0.582 e. The highest BCUT2D eigenvalue weighted by Crippen LogP contribution is 2.51. The monoisotopic (exact) mass is 694 g/mol. The molecular formula is C19H23FN11O9P2S2+. The molecule has 0 spiro atoms. The van der Waals surface area contributed by atoms with Crippen LogP contribution in [0.15, 0.2) is 17.3 Å². The van der Waals surface area contributed by atoms with Crippen LogP contribution >= 0.6 is 26.2 Å². The first-order valence-electron chi connectivity index (χ1n) is 12.5. The number of H-pyrrole nitrogens is 1. The van der Waals surface area contributed by atoms with Crippen molar-refractivity contribution in [2.75, 3.05) is 24.7 Å². The maximum absolute atomic E-state index is 15.4. The Morgan fingerprint density at radius 2 is 2.09 bits per heavy atom. The number of nitrogens with one attached hydrogen (secondary N) is 1. The second kappa shape index (κ2) is 12.2. The fourth-order valence-electron chi connectivity index (χ4n) is 4.90. The van der Waals surface area contributed by atoms with Crippen molar-refractivity contribution >= 4 is 66.7 Å². The molecule has 6 heterocycles. The number of halogens is 1. The van der Waals surface area contributed by atoms with Crippen LogP contribution in [0.2, 0.25) is 0 Å². The fourth-order valence-corrected chi connectivity index (χ4v) is 7.12. The first-order valence-corrected chi connectivity index (χ1v) is 17.5. The SMILES string of the molecule is Nc1nc2c(nnn2[C@@H]2O[C@H](CO)[C@H](F)C2OP(O)(=S)OC[C@H]2O[C@@H](c3cnn4c(N)ncnc34)CC2O[P+](=O)S)c(=O)[nH]1. The predicted molar refractivity (Wildman–Crippen MR) is 152 cm³/mol. The average molecular weight is 695 g/mol. The van der Waals surface area contributed by atoms with Crippen molar-refractivity contribution in [3.05, 3.63) is 28.4 Å². The van der Waals surface area contributed by atoms with Crippen molar-refractivity contribution in [3.8, 4) is 0 Å². The van der Waals surface area contributed by atoms with Gasteiger partial charge in [-0.1, -0.05) is 5.21 Å². The van der Waals surface area contributed by atoms with E-state index in [0.29, 0.717) is 11.2 Å². The van der Waals surface area contributed by atoms with Gasteiger partial charge in [0.25, 0.3) is 5.56 Å². The van der Waals surface area contributed by atoms with Gasteiger partial charge in [0.15, 0.2) is 29.2 Å². The van der Waals surface area contributed by atoms with Crippen LogP contribution in [0.4, 0.5) is 16.3 Å². The molecule has 4 aromatic rings. The molecule has 2 fully saturated rings. The number of nitrogens with zero attached hydrogens (tertiary/aromatic N) is 8. The van der Waals surface area contributed by atoms with Crippen molar-refractivity contribution in [1.82, 2.24) is 44.5 Å². The molecular weight excluding hydrogens is 671 g/mol. The summed E-state index contributed by atoms with van der Waals surface area (Å²) < 4.78 is 57.6. The number of hydrogen-bond acceptors (Lipinski definition) is 17. The standard InChI is InChI=1S/C19H22FN11O9P2S2/c20-11-9(3-32)38-17(30-15-12(28-29-30)16(33)27-18(21)26-15)13(11)40-42(35,44)36-4-10-8(39-41(34)43)1-7(37-10)6-2-25-31-14(6)23-5-24-19(31)22/h2,5,7-11,13,17,32H,1,3-4H2,(H6-,21,22,23,24,25,26,27,29,33,34,35,43,44)/p+1/t7-,8?,9-,10-,11+,13?,17-,42?/m1/s1. The number of thiol groups is 1. The minimum atomic E-state index is -4.30. The minimum absolute atomic E-state index is 0.0947. The number of aromatic amines is 1. The maximum atomic E-state index is 15.4. The molecule has 0 radical (unpaired) electrons. The summed E-state index contributed by atoms with van der Waals surface area (Å²) >= 11 is 8.99. The van der Waals surface area contributed by atoms with E-state index in [1.807, 2.05) is 0 Å². The molecule has 2 saturated heterocycles. The third kappa shape index (κ3) is 5.93. The number of alkyl halides is 1. The van der Waals surface area contributed by atoms with Crippen molar-refractivity contribution in [1.29, 1.82) is 0 Å². The highest BCUT2D eigenvalue weighted by Gasteiger charge is 2.51. The smallest absolute Gasteiger partial charge is 0.394 e. The lowest BCUT2D eigenvalue weighted by molar-refractivity contribution is -0.0563. The lowest BCUT2D eigenvalue weighted by Gasteiger charge is -2.25. The van der Waals surface area contributed by atoms with Gasteiger partial charge in [-0.15, -0.1) is 9.62 Å². The van der Waals surface area contributed by atoms with Gasteiger partial charge in [-0.05, 0) is 16.4 Å². The molecule has 0 saturated carbocycles. The molecule has 4 aromatic heterocycles. The van der Waals surface area contributed by atoms with Crippen LogP contribution in [0.25, 0.3) is 16.8 Å². The summed E-state index contributed by atoms with van der Waals surface area (Å²) in [7, 11) is -2.38. The van der Waals surface area contributed by atoms with E-state index in [0.717, 1.165) is 4.68 Å². The number of nitrogen functional groups attached to an aromatic ring is 2. The Hall–Kier alpha value is -2.82. The topological polar surface area (TPSA) is 275 Å². The Morgan fingerprint density at radius 3 is 2.84 bits per heavy atom. The molecule has 20 nitrogen and oxygen atoms in total. The molecule has 44 heavy (non-hydrogen) atoms. The Labute approximate surface area is 255 Å². The Kier molecular flexibility index (Phi) is 8.63. The third-order valence-electron chi connectivity index (χ3n) is 6.83. The van der Waals surface area contributed by atoms with Crippen LogP contribution in [0, 0.1) is 0 Å². The summed E-state index contributed by atoms with van der Waals surface area (Å²) in [4.78, 5) is 37.4. The van der Waals surface area contributed by atoms with Gasteiger partial charge in [0.1, 0.15) is 43.0 Å². The zero-order valence-electron chi connectivity index (χ0n) is 21.9. The zero-order chi connectivity index (χ0) is 31.3. The molecule has 236 valence electrons. The molecule has 4 unspecified atom stereocenters. The number of anilines is 2. The van der Waals surface area contributed by atoms with Gasteiger partial charge in [0, 0.05) is 12.0 Å². The Bertz CT molecular complexity index is 1830. The summed E-state index contributed by atoms with van der Waals surface area (Å²) in [6.07, 6.45) is -6.26. The number of aliphatic hydroxyl groups excluding tert-OH is 1. The Morgan fingerprint density at radius 1 is 1.30 bits per heavy atom. The van der Waals surface area contributed by atoms with Crippen molar-refractivity contribution in [2.24, 2.45) is 0 Å². The summed E-state index contributed by atoms with van der Waals surface area (Å²) in [5, 5.41) is 21.3. The average Bonchev–Trinajstić information content (AvgIpc) is 3.73. The van der Waals surface area contributed by atoms with Crippen LogP contribution in [0.3, 0.4) is 0 Å². The van der Waals surface area contributed by atoms with Crippen LogP contribution in [-0.2, 0) is 39.4 Å². The Balaban J connectivity index is 1.20. The van der Waals surface area contributed by atoms with Crippen LogP contribution < -0.4 is 17.0 Å². The van der Waals surface area contributed by atoms with Crippen molar-refractivity contribution in [3.63, 3.8) is 0 Å². The predicted octanol–water partition coefficient (Wildman–Crippen LogP) is -0.534. The molecule has 25 heteroatoms. The van der Waals surface area contributed by atoms with E-state index in [2.05, 4.69) is 47.6 Å². The molecule has 0 amide bonds. The molecule has 0 bridgehead atoms. The van der Waals surface area contributed by atoms with Crippen LogP contribution in [-0.4, -0.2) is 98.3 Å². The van der Waals surface area contributed by atoms with Gasteiger partial charge in [-0.25, -0.2) is 14.4 Å². The summed E-state index contributed by atoms with van der Waals surface area (Å²) in [6.45, 7) is -5.51. The largest absolute Gasteiger partial charge is 0.582 e. The van der Waals surface area contributed by atoms with Gasteiger partial charge in [0.2, 0.25) is 11.9 Å². The fraction of sp³-hybridized carbons (Fsp3) is 0.526. The quantitative estimate of drug-likeness (QED) is 0.0898. The zero-order valence-corrected chi connectivity index (χ0v) is 25.4. The van der Waals surface area contributed by atoms with Crippen LogP contribution in [0.5, 0.6) is 0 Å². The van der Waals surface area contributed by atoms with Gasteiger partial charge in [-0.2, -0.15) is 19.3 Å². The summed E-state index contributed by atoms with van der Waals surface area (Å²) in [6, 6.07) is 0. The van der Waals surface area contributed by atoms with E-state index in [9.17, 15) is 19.4 Å². The van der Waals surface area contributed by atoms with E-state index < -0.39 is 75.6 Å². The molecule has 2 aliphatic rings. The highest BCUT2D eigenvalue weighted by atomic mass is 32.7. The molecule has 7 N–H and O–H groups in total. The van der Waals surface area contributed by atoms with E-state index in [4.69, 9.17) is 46.3 Å². The normalized spacial score (nSPS) is 29.0. The molecule has 6 rings (SSSR count). The van der Waals surface area contributed by atoms with Crippen molar-refractivity contribution in [2.45, 2.75) is 49.3 Å². The minimum Gasteiger partial charge on any atom is -0.394 e. The first-order chi connectivity index (χ1) is 21.0. The second-order valence-electron chi connectivity index (χ2n) is 9.53. The number of rotatable bonds is 10. The van der Waals surface area contributed by atoms with Gasteiger partial charge in [-0.3, -0.25) is 14.3 Å². The first kappa shape index (κ1) is 31.2. The number of aromatic nitrogens is 9. The van der Waals surface area contributed by atoms with E-state index in [1.165, 1.54) is 17.0 Å². The lowest BCUT2D eigenvalue weighted by Crippen LogP contribution is -2.33. The molecule has 2 aliphatic heterocycles. The number of fused-ring (bicyclic) bond motifs is 2. The highest BCUT2D eigenvalue weighted by molar-refractivity contribution is 8.39. The molecule has 9 atom stereocenters. The summed E-state index contributed by atoms with van der Waals surface area (Å²) in [5.74, 6) is -0.181. The van der Waals surface area contributed by atoms with Crippen molar-refractivity contribution < 1.29 is 42.0 Å². The van der Waals surface area contributed by atoms with Gasteiger partial charge in [0.05, 0.1) is 25.5 Å². The van der Waals surface area contributed by atoms with Gasteiger partial charge >= 0.3 is 13.9 Å². The number of aliphatic hydroxyl groups is 1. The van der Waals surface area contributed by atoms with E-state index in [1.54, 1.807) is 0 Å². The number of ether oxygens (including phenoxy) is 2. The number of hydrogen-bond donors (Lipinski definition) is 6. The third-order valence-corrected chi connectivity index (χ3v) is 9.12. The lowest BCUT2D eigenvalue weighted by atomic mass is 10.1. The summed E-state index contributed by atoms with van der Waals surface area (Å²) in [5.41, 5.74) is 11.3. The molecule has 0 aliphatic carbocycles. The van der Waals surface area contributed by atoms with Gasteiger partial charge < -0.3 is 35.5 Å².